The van der Waals surface area contributed by atoms with E-state index in [1.807, 2.05) is 0 Å². The van der Waals surface area contributed by atoms with Crippen molar-refractivity contribution in [3.63, 3.8) is 0 Å². The predicted molar refractivity (Wildman–Crippen MR) is 129 cm³/mol. The van der Waals surface area contributed by atoms with Gasteiger partial charge in [0.2, 0.25) is 0 Å². The van der Waals surface area contributed by atoms with Crippen LogP contribution in [0.2, 0.25) is 0 Å². The molecular formula is C29H34N2. The van der Waals surface area contributed by atoms with Crippen LogP contribution in [0.15, 0.2) is 78.9 Å². The molecule has 1 N–H and O–H groups in total. The minimum atomic E-state index is 0.390. The second-order valence-electron chi connectivity index (χ2n) is 9.44. The summed E-state index contributed by atoms with van der Waals surface area (Å²) < 4.78 is 0. The summed E-state index contributed by atoms with van der Waals surface area (Å²) in [6.07, 6.45) is 2.63. The summed E-state index contributed by atoms with van der Waals surface area (Å²) in [4.78, 5) is 2.77. The van der Waals surface area contributed by atoms with Gasteiger partial charge in [0.15, 0.2) is 0 Å². The van der Waals surface area contributed by atoms with Gasteiger partial charge in [-0.1, -0.05) is 78.9 Å². The monoisotopic (exact) mass is 410 g/mol. The van der Waals surface area contributed by atoms with Gasteiger partial charge in [0.05, 0.1) is 0 Å². The number of nitrogens with one attached hydrogen (secondary N) is 1. The van der Waals surface area contributed by atoms with Gasteiger partial charge in [-0.15, -0.1) is 0 Å². The molecule has 2 heteroatoms. The van der Waals surface area contributed by atoms with Crippen molar-refractivity contribution in [3.05, 3.63) is 107 Å². The van der Waals surface area contributed by atoms with Crippen molar-refractivity contribution >= 4 is 0 Å². The number of aryl methyl sites for hydroxylation is 2. The molecule has 3 aliphatic rings. The molecule has 3 saturated heterocycles. The highest BCUT2D eigenvalue weighted by Gasteiger charge is 2.46. The SMILES string of the molecule is Cc1cccc(C)c1CNC1C2CCN(CC2)C1C(c1ccccc1)c1ccccc1. The van der Waals surface area contributed by atoms with Crippen LogP contribution >= 0.6 is 0 Å². The molecule has 0 radical (unpaired) electrons. The summed E-state index contributed by atoms with van der Waals surface area (Å²) in [5, 5.41) is 4.08. The molecule has 0 saturated carbocycles. The highest BCUT2D eigenvalue weighted by molar-refractivity contribution is 5.37. The maximum absolute atomic E-state index is 4.08. The van der Waals surface area contributed by atoms with Crippen molar-refractivity contribution in [1.82, 2.24) is 10.2 Å². The van der Waals surface area contributed by atoms with Crippen LogP contribution in [0, 0.1) is 19.8 Å². The first-order valence-electron chi connectivity index (χ1n) is 11.8. The lowest BCUT2D eigenvalue weighted by Gasteiger charge is -2.54. The smallest absolute Gasteiger partial charge is 0.0361 e. The molecule has 2 bridgehead atoms. The highest BCUT2D eigenvalue weighted by atomic mass is 15.2. The number of nitrogens with zero attached hydrogens (tertiary/aromatic N) is 1. The Morgan fingerprint density at radius 3 is 1.87 bits per heavy atom. The summed E-state index contributed by atoms with van der Waals surface area (Å²) in [6.45, 7) is 7.91. The van der Waals surface area contributed by atoms with Crippen LogP contribution in [0.3, 0.4) is 0 Å². The molecule has 31 heavy (non-hydrogen) atoms. The van der Waals surface area contributed by atoms with Gasteiger partial charge in [0, 0.05) is 24.5 Å². The topological polar surface area (TPSA) is 15.3 Å². The van der Waals surface area contributed by atoms with Crippen molar-refractivity contribution in [2.45, 2.75) is 51.2 Å². The molecular weight excluding hydrogens is 376 g/mol. The third kappa shape index (κ3) is 4.07. The Morgan fingerprint density at radius 1 is 0.774 bits per heavy atom. The van der Waals surface area contributed by atoms with E-state index in [2.05, 4.69) is 103 Å². The fourth-order valence-corrected chi connectivity index (χ4v) is 6.04. The molecule has 3 heterocycles. The van der Waals surface area contributed by atoms with Crippen molar-refractivity contribution in [2.75, 3.05) is 13.1 Å². The third-order valence-electron chi connectivity index (χ3n) is 7.69. The Kier molecular flexibility index (Phi) is 5.93. The summed E-state index contributed by atoms with van der Waals surface area (Å²) in [5.74, 6) is 1.15. The molecule has 2 nitrogen and oxygen atoms in total. The summed E-state index contributed by atoms with van der Waals surface area (Å²) in [5.41, 5.74) is 7.13. The van der Waals surface area contributed by atoms with E-state index >= 15 is 0 Å². The van der Waals surface area contributed by atoms with Crippen molar-refractivity contribution in [1.29, 1.82) is 0 Å². The molecule has 0 aliphatic carbocycles. The van der Waals surface area contributed by atoms with Gasteiger partial charge in [-0.25, -0.2) is 0 Å². The lowest BCUT2D eigenvalue weighted by Crippen LogP contribution is -2.64. The van der Waals surface area contributed by atoms with Gasteiger partial charge >= 0.3 is 0 Å². The van der Waals surface area contributed by atoms with Crippen LogP contribution in [-0.2, 0) is 6.54 Å². The number of hydrogen-bond acceptors (Lipinski definition) is 2. The maximum Gasteiger partial charge on any atom is 0.0361 e. The molecule has 6 rings (SSSR count). The standard InChI is InChI=1S/C29H34N2/c1-21-10-9-11-22(2)26(21)20-30-28-25-16-18-31(19-17-25)29(28)27(23-12-5-3-6-13-23)24-14-7-4-8-15-24/h3-15,25,27-30H,16-20H2,1-2H3. The molecule has 2 atom stereocenters. The summed E-state index contributed by atoms with van der Waals surface area (Å²) in [6, 6.07) is 30.0. The zero-order valence-corrected chi connectivity index (χ0v) is 18.8. The quantitative estimate of drug-likeness (QED) is 0.562. The maximum atomic E-state index is 4.08. The normalized spacial score (nSPS) is 25.1. The number of rotatable bonds is 6. The van der Waals surface area contributed by atoms with Gasteiger partial charge in [0.25, 0.3) is 0 Å². The molecule has 3 aliphatic heterocycles. The number of piperidine rings is 3. The lowest BCUT2D eigenvalue weighted by molar-refractivity contribution is 0.00465. The molecule has 0 spiro atoms. The number of hydrogen-bond donors (Lipinski definition) is 1. The molecule has 3 aromatic rings. The van der Waals surface area contributed by atoms with Crippen molar-refractivity contribution in [2.24, 2.45) is 5.92 Å². The highest BCUT2D eigenvalue weighted by Crippen LogP contribution is 2.42. The Hall–Kier alpha value is -2.42. The Bertz CT molecular complexity index is 930. The molecule has 3 aromatic carbocycles. The Balaban J connectivity index is 1.51. The van der Waals surface area contributed by atoms with Crippen LogP contribution in [0.25, 0.3) is 0 Å². The van der Waals surface area contributed by atoms with Crippen molar-refractivity contribution < 1.29 is 0 Å². The van der Waals surface area contributed by atoms with Crippen LogP contribution in [0.4, 0.5) is 0 Å². The van der Waals surface area contributed by atoms with Gasteiger partial charge < -0.3 is 5.32 Å². The van der Waals surface area contributed by atoms with E-state index < -0.39 is 0 Å². The third-order valence-corrected chi connectivity index (χ3v) is 7.69. The molecule has 0 aromatic heterocycles. The van der Waals surface area contributed by atoms with Crippen molar-refractivity contribution in [3.8, 4) is 0 Å². The zero-order valence-electron chi connectivity index (χ0n) is 18.8. The van der Waals surface area contributed by atoms with E-state index in [0.717, 1.165) is 12.5 Å². The van der Waals surface area contributed by atoms with E-state index in [1.165, 1.54) is 53.7 Å². The van der Waals surface area contributed by atoms with Crippen LogP contribution in [0.1, 0.15) is 46.6 Å². The van der Waals surface area contributed by atoms with E-state index in [-0.39, 0.29) is 0 Å². The molecule has 0 amide bonds. The van der Waals surface area contributed by atoms with E-state index in [0.29, 0.717) is 18.0 Å². The second kappa shape index (κ2) is 8.98. The van der Waals surface area contributed by atoms with Gasteiger partial charge in [-0.2, -0.15) is 0 Å². The van der Waals surface area contributed by atoms with Crippen LogP contribution in [0.5, 0.6) is 0 Å². The summed E-state index contributed by atoms with van der Waals surface area (Å²) >= 11 is 0. The first-order valence-corrected chi connectivity index (χ1v) is 11.8. The number of fused-ring (bicyclic) bond motifs is 3. The van der Waals surface area contributed by atoms with E-state index in [1.54, 1.807) is 0 Å². The molecule has 2 unspecified atom stereocenters. The minimum Gasteiger partial charge on any atom is -0.308 e. The van der Waals surface area contributed by atoms with Gasteiger partial charge in [-0.05, 0) is 73.5 Å². The average molecular weight is 411 g/mol. The first kappa shape index (κ1) is 20.5. The predicted octanol–water partition coefficient (Wildman–Crippen LogP) is 5.69. The zero-order chi connectivity index (χ0) is 21.2. The molecule has 160 valence electrons. The Labute approximate surface area is 187 Å². The minimum absolute atomic E-state index is 0.390. The summed E-state index contributed by atoms with van der Waals surface area (Å²) in [7, 11) is 0. The Morgan fingerprint density at radius 2 is 1.32 bits per heavy atom. The lowest BCUT2D eigenvalue weighted by atomic mass is 9.70. The fraction of sp³-hybridized carbons (Fsp3) is 0.379. The molecule has 3 fully saturated rings. The second-order valence-corrected chi connectivity index (χ2v) is 9.44. The van der Waals surface area contributed by atoms with Crippen LogP contribution in [-0.4, -0.2) is 30.1 Å². The van der Waals surface area contributed by atoms with Crippen LogP contribution < -0.4 is 5.32 Å². The van der Waals surface area contributed by atoms with Gasteiger partial charge in [0.1, 0.15) is 0 Å². The van der Waals surface area contributed by atoms with E-state index in [9.17, 15) is 0 Å². The first-order chi connectivity index (χ1) is 15.2. The van der Waals surface area contributed by atoms with Gasteiger partial charge in [-0.3, -0.25) is 4.90 Å². The van der Waals surface area contributed by atoms with E-state index in [4.69, 9.17) is 0 Å². The number of benzene rings is 3. The average Bonchev–Trinajstić information content (AvgIpc) is 2.82. The fourth-order valence-electron chi connectivity index (χ4n) is 6.04. The largest absolute Gasteiger partial charge is 0.308 e.